The van der Waals surface area contributed by atoms with Crippen LogP contribution in [0.4, 0.5) is 0 Å². The smallest absolute Gasteiger partial charge is 0.312 e. The number of benzene rings is 1. The lowest BCUT2D eigenvalue weighted by Gasteiger charge is -2.32. The molecule has 0 amide bonds. The molecule has 0 fully saturated rings. The van der Waals surface area contributed by atoms with E-state index in [1.165, 1.54) is 0 Å². The zero-order chi connectivity index (χ0) is 12.4. The molecule has 0 spiro atoms. The maximum Gasteiger partial charge on any atom is 0.312 e. The lowest BCUT2D eigenvalue weighted by atomic mass is 9.90. The molecule has 1 aromatic rings. The van der Waals surface area contributed by atoms with E-state index in [4.69, 9.17) is 11.6 Å². The Morgan fingerprint density at radius 1 is 1.53 bits per heavy atom. The summed E-state index contributed by atoms with van der Waals surface area (Å²) in [6.45, 7) is 5.39. The number of nitrogens with zero attached hydrogens (tertiary/aromatic N) is 1. The van der Waals surface area contributed by atoms with Crippen LogP contribution in [-0.2, 0) is 11.3 Å². The molecule has 1 heterocycles. The quantitative estimate of drug-likeness (QED) is 0.897. The fourth-order valence-corrected chi connectivity index (χ4v) is 2.42. The van der Waals surface area contributed by atoms with Crippen molar-refractivity contribution in [1.29, 1.82) is 0 Å². The molecule has 1 N–H and O–H groups in total. The number of aliphatic carboxylic acids is 1. The molecule has 2 rings (SSSR count). The zero-order valence-corrected chi connectivity index (χ0v) is 10.2. The lowest BCUT2D eigenvalue weighted by molar-refractivity contribution is -0.139. The average molecular weight is 252 g/mol. The van der Waals surface area contributed by atoms with E-state index in [0.717, 1.165) is 17.7 Å². The molecule has 17 heavy (non-hydrogen) atoms. The normalized spacial score (nSPS) is 19.7. The van der Waals surface area contributed by atoms with Crippen molar-refractivity contribution in [3.05, 3.63) is 47.0 Å². The molecular weight excluding hydrogens is 238 g/mol. The molecule has 3 nitrogen and oxygen atoms in total. The van der Waals surface area contributed by atoms with Gasteiger partial charge in [-0.3, -0.25) is 9.69 Å². The second kappa shape index (κ2) is 4.90. The Bertz CT molecular complexity index is 458. The Balaban J connectivity index is 2.29. The molecule has 1 aliphatic heterocycles. The largest absolute Gasteiger partial charge is 0.481 e. The summed E-state index contributed by atoms with van der Waals surface area (Å²) < 4.78 is 0. The van der Waals surface area contributed by atoms with E-state index in [9.17, 15) is 9.90 Å². The maximum absolute atomic E-state index is 11.3. The number of carbonyl (C=O) groups is 1. The molecule has 0 bridgehead atoms. The molecule has 1 unspecified atom stereocenters. The van der Waals surface area contributed by atoms with Crippen LogP contribution in [0.2, 0.25) is 0 Å². The minimum absolute atomic E-state index is 0.476. The van der Waals surface area contributed by atoms with E-state index >= 15 is 0 Å². The summed E-state index contributed by atoms with van der Waals surface area (Å²) in [5.74, 6) is -1.27. The minimum Gasteiger partial charge on any atom is -0.481 e. The number of carboxylic acid groups (broad SMARTS) is 1. The standard InChI is InChI=1S/C13H14ClNO2/c1-9(14)6-15-7-10-4-2-3-5-11(10)12(8-15)13(16)17/h2-5,12H,1,6-8H2,(H,16,17). The second-order valence-corrected chi connectivity index (χ2v) is 4.81. The zero-order valence-electron chi connectivity index (χ0n) is 9.40. The topological polar surface area (TPSA) is 40.5 Å². The second-order valence-electron chi connectivity index (χ2n) is 4.28. The molecular formula is C13H14ClNO2. The van der Waals surface area contributed by atoms with Crippen molar-refractivity contribution in [2.24, 2.45) is 0 Å². The first-order valence-corrected chi connectivity index (χ1v) is 5.82. The number of halogens is 1. The number of hydrogen-bond acceptors (Lipinski definition) is 2. The predicted octanol–water partition coefficient (Wildman–Crippen LogP) is 2.42. The fourth-order valence-electron chi connectivity index (χ4n) is 2.25. The summed E-state index contributed by atoms with van der Waals surface area (Å²) in [6, 6.07) is 7.66. The first-order chi connectivity index (χ1) is 8.08. The molecule has 0 saturated carbocycles. The van der Waals surface area contributed by atoms with Crippen LogP contribution in [0.5, 0.6) is 0 Å². The van der Waals surface area contributed by atoms with Gasteiger partial charge in [-0.1, -0.05) is 42.4 Å². The number of hydrogen-bond donors (Lipinski definition) is 1. The molecule has 90 valence electrons. The molecule has 1 aromatic carbocycles. The molecule has 1 atom stereocenters. The summed E-state index contributed by atoms with van der Waals surface area (Å²) in [5.41, 5.74) is 1.97. The summed E-state index contributed by atoms with van der Waals surface area (Å²) >= 11 is 5.78. The van der Waals surface area contributed by atoms with Crippen LogP contribution in [0, 0.1) is 0 Å². The van der Waals surface area contributed by atoms with Crippen molar-refractivity contribution < 1.29 is 9.90 Å². The SMILES string of the molecule is C=C(Cl)CN1Cc2ccccc2C(C(=O)O)C1. The first-order valence-electron chi connectivity index (χ1n) is 5.44. The Kier molecular flexibility index (Phi) is 3.50. The summed E-state index contributed by atoms with van der Waals surface area (Å²) in [7, 11) is 0. The third-order valence-corrected chi connectivity index (χ3v) is 3.08. The van der Waals surface area contributed by atoms with Gasteiger partial charge >= 0.3 is 5.97 Å². The van der Waals surface area contributed by atoms with Gasteiger partial charge in [0, 0.05) is 24.7 Å². The highest BCUT2D eigenvalue weighted by Crippen LogP contribution is 2.28. The third-order valence-electron chi connectivity index (χ3n) is 2.96. The molecule has 0 aliphatic carbocycles. The Morgan fingerprint density at radius 3 is 2.88 bits per heavy atom. The number of rotatable bonds is 3. The summed E-state index contributed by atoms with van der Waals surface area (Å²) in [4.78, 5) is 13.3. The molecule has 4 heteroatoms. The van der Waals surface area contributed by atoms with Gasteiger partial charge in [0.1, 0.15) is 0 Å². The van der Waals surface area contributed by atoms with Crippen molar-refractivity contribution >= 4 is 17.6 Å². The van der Waals surface area contributed by atoms with Gasteiger partial charge in [0.15, 0.2) is 0 Å². The number of carboxylic acids is 1. The Morgan fingerprint density at radius 2 is 2.24 bits per heavy atom. The van der Waals surface area contributed by atoms with Gasteiger partial charge < -0.3 is 5.11 Å². The highest BCUT2D eigenvalue weighted by Gasteiger charge is 2.29. The van der Waals surface area contributed by atoms with Gasteiger partial charge in [-0.25, -0.2) is 0 Å². The van der Waals surface area contributed by atoms with E-state index in [2.05, 4.69) is 6.58 Å². The fraction of sp³-hybridized carbons (Fsp3) is 0.308. The van der Waals surface area contributed by atoms with Crippen LogP contribution in [0.25, 0.3) is 0 Å². The molecule has 0 aromatic heterocycles. The maximum atomic E-state index is 11.3. The van der Waals surface area contributed by atoms with E-state index < -0.39 is 11.9 Å². The number of fused-ring (bicyclic) bond motifs is 1. The molecule has 0 radical (unpaired) electrons. The van der Waals surface area contributed by atoms with E-state index in [-0.39, 0.29) is 0 Å². The molecule has 1 aliphatic rings. The van der Waals surface area contributed by atoms with Gasteiger partial charge in [0.25, 0.3) is 0 Å². The van der Waals surface area contributed by atoms with Crippen molar-refractivity contribution in [3.8, 4) is 0 Å². The van der Waals surface area contributed by atoms with Gasteiger partial charge in [0.05, 0.1) is 5.92 Å². The average Bonchev–Trinajstić information content (AvgIpc) is 2.27. The van der Waals surface area contributed by atoms with Crippen molar-refractivity contribution in [3.63, 3.8) is 0 Å². The minimum atomic E-state index is -0.790. The van der Waals surface area contributed by atoms with Gasteiger partial charge in [-0.2, -0.15) is 0 Å². The molecule has 0 saturated heterocycles. The van der Waals surface area contributed by atoms with Crippen LogP contribution in [0.15, 0.2) is 35.9 Å². The highest BCUT2D eigenvalue weighted by molar-refractivity contribution is 6.29. The van der Waals surface area contributed by atoms with Gasteiger partial charge in [-0.15, -0.1) is 0 Å². The van der Waals surface area contributed by atoms with Crippen molar-refractivity contribution in [2.75, 3.05) is 13.1 Å². The van der Waals surface area contributed by atoms with Gasteiger partial charge in [-0.05, 0) is 11.1 Å². The van der Waals surface area contributed by atoms with E-state index in [1.54, 1.807) is 0 Å². The third kappa shape index (κ3) is 2.68. The van der Waals surface area contributed by atoms with E-state index in [0.29, 0.717) is 18.1 Å². The van der Waals surface area contributed by atoms with Crippen molar-refractivity contribution in [1.82, 2.24) is 4.90 Å². The Hall–Kier alpha value is -1.32. The van der Waals surface area contributed by atoms with E-state index in [1.807, 2.05) is 29.2 Å². The van der Waals surface area contributed by atoms with Crippen LogP contribution >= 0.6 is 11.6 Å². The van der Waals surface area contributed by atoms with Crippen molar-refractivity contribution in [2.45, 2.75) is 12.5 Å². The monoisotopic (exact) mass is 251 g/mol. The predicted molar refractivity (Wildman–Crippen MR) is 67.1 cm³/mol. The van der Waals surface area contributed by atoms with Crippen LogP contribution in [0.1, 0.15) is 17.0 Å². The highest BCUT2D eigenvalue weighted by atomic mass is 35.5. The first kappa shape index (κ1) is 12.1. The van der Waals surface area contributed by atoms with Crippen LogP contribution < -0.4 is 0 Å². The summed E-state index contributed by atoms with van der Waals surface area (Å²) in [6.07, 6.45) is 0. The summed E-state index contributed by atoms with van der Waals surface area (Å²) in [5, 5.41) is 9.79. The van der Waals surface area contributed by atoms with Crippen LogP contribution in [-0.4, -0.2) is 29.1 Å². The lowest BCUT2D eigenvalue weighted by Crippen LogP contribution is -2.37. The Labute approximate surface area is 105 Å². The van der Waals surface area contributed by atoms with Crippen LogP contribution in [0.3, 0.4) is 0 Å². The van der Waals surface area contributed by atoms with Gasteiger partial charge in [0.2, 0.25) is 0 Å².